The summed E-state index contributed by atoms with van der Waals surface area (Å²) in [6.07, 6.45) is -0.927. The predicted octanol–water partition coefficient (Wildman–Crippen LogP) is 1.46. The number of rotatable bonds is 5. The van der Waals surface area contributed by atoms with Gasteiger partial charge in [-0.1, -0.05) is 17.3 Å². The van der Waals surface area contributed by atoms with Gasteiger partial charge in [0.05, 0.1) is 29.9 Å². The Morgan fingerprint density at radius 1 is 1.50 bits per heavy atom. The number of aromatic nitrogens is 2. The van der Waals surface area contributed by atoms with Crippen LogP contribution >= 0.6 is 0 Å². The number of benzene rings is 1. The third kappa shape index (κ3) is 2.96. The Kier molecular flexibility index (Phi) is 4.02. The number of nitrogens with zero attached hydrogens (tertiary/aromatic N) is 4. The lowest BCUT2D eigenvalue weighted by Gasteiger charge is -1.99. The van der Waals surface area contributed by atoms with Crippen molar-refractivity contribution in [1.82, 2.24) is 10.1 Å². The van der Waals surface area contributed by atoms with Crippen LogP contribution in [0.15, 0.2) is 28.8 Å². The number of nitro benzene ring substituents is 1. The Bertz CT molecular complexity index is 661. The van der Waals surface area contributed by atoms with Gasteiger partial charge in [0.2, 0.25) is 11.7 Å². The van der Waals surface area contributed by atoms with Crippen LogP contribution < -0.4 is 0 Å². The first-order valence-electron chi connectivity index (χ1n) is 5.73. The second kappa shape index (κ2) is 5.90. The summed E-state index contributed by atoms with van der Waals surface area (Å²) in [5, 5.41) is 32.5. The summed E-state index contributed by atoms with van der Waals surface area (Å²) in [5.41, 5.74) is 0.111. The molecule has 1 aromatic carbocycles. The van der Waals surface area contributed by atoms with E-state index in [1.165, 1.54) is 12.1 Å². The summed E-state index contributed by atoms with van der Waals surface area (Å²) in [6.45, 7) is 0. The molecule has 1 aromatic heterocycles. The van der Waals surface area contributed by atoms with Crippen LogP contribution in [0.5, 0.6) is 0 Å². The van der Waals surface area contributed by atoms with Crippen LogP contribution in [-0.2, 0) is 6.42 Å². The first-order chi connectivity index (χ1) is 9.61. The van der Waals surface area contributed by atoms with Crippen LogP contribution in [-0.4, -0.2) is 26.3 Å². The summed E-state index contributed by atoms with van der Waals surface area (Å²) in [4.78, 5) is 14.4. The fraction of sp³-hybridized carbons (Fsp3) is 0.250. The lowest BCUT2D eigenvalue weighted by atomic mass is 10.1. The highest BCUT2D eigenvalue weighted by Gasteiger charge is 2.20. The molecule has 8 heteroatoms. The highest BCUT2D eigenvalue weighted by molar-refractivity contribution is 5.67. The molecule has 0 aliphatic heterocycles. The minimum Gasteiger partial charge on any atom is -0.392 e. The molecule has 102 valence electrons. The van der Waals surface area contributed by atoms with Crippen molar-refractivity contribution in [2.75, 3.05) is 0 Å². The zero-order valence-corrected chi connectivity index (χ0v) is 10.3. The van der Waals surface area contributed by atoms with Crippen molar-refractivity contribution in [2.24, 2.45) is 0 Å². The van der Waals surface area contributed by atoms with Crippen molar-refractivity contribution < 1.29 is 14.6 Å². The number of aliphatic hydroxyl groups excluding tert-OH is 1. The summed E-state index contributed by atoms with van der Waals surface area (Å²) in [6, 6.07) is 7.85. The lowest BCUT2D eigenvalue weighted by Crippen LogP contribution is -2.09. The van der Waals surface area contributed by atoms with Gasteiger partial charge in [-0.05, 0) is 6.07 Å². The fourth-order valence-corrected chi connectivity index (χ4v) is 1.65. The molecule has 0 saturated heterocycles. The lowest BCUT2D eigenvalue weighted by molar-refractivity contribution is -0.384. The summed E-state index contributed by atoms with van der Waals surface area (Å²) >= 11 is 0. The standard InChI is InChI=1S/C12H10N4O4/c13-6-5-8(17)7-11-14-12(15-20-11)9-3-1-2-4-10(9)16(18)19/h1-4,8,17H,5,7H2. The van der Waals surface area contributed by atoms with Crippen LogP contribution in [0.25, 0.3) is 11.4 Å². The van der Waals surface area contributed by atoms with Crippen LogP contribution in [0.3, 0.4) is 0 Å². The average molecular weight is 274 g/mol. The van der Waals surface area contributed by atoms with Gasteiger partial charge in [-0.3, -0.25) is 10.1 Å². The van der Waals surface area contributed by atoms with Crippen molar-refractivity contribution in [1.29, 1.82) is 5.26 Å². The van der Waals surface area contributed by atoms with E-state index in [1.807, 2.05) is 6.07 Å². The maximum Gasteiger partial charge on any atom is 0.280 e. The quantitative estimate of drug-likeness (QED) is 0.645. The van der Waals surface area contributed by atoms with Gasteiger partial charge in [0.1, 0.15) is 5.56 Å². The van der Waals surface area contributed by atoms with Crippen molar-refractivity contribution in [3.8, 4) is 17.5 Å². The largest absolute Gasteiger partial charge is 0.392 e. The highest BCUT2D eigenvalue weighted by atomic mass is 16.6. The molecule has 8 nitrogen and oxygen atoms in total. The van der Waals surface area contributed by atoms with Gasteiger partial charge in [0.15, 0.2) is 0 Å². The molecule has 0 radical (unpaired) electrons. The summed E-state index contributed by atoms with van der Waals surface area (Å²) in [7, 11) is 0. The molecular formula is C12H10N4O4. The minimum absolute atomic E-state index is 0.0290. The smallest absolute Gasteiger partial charge is 0.280 e. The topological polar surface area (TPSA) is 126 Å². The summed E-state index contributed by atoms with van der Waals surface area (Å²) < 4.78 is 4.92. The van der Waals surface area contributed by atoms with E-state index in [0.717, 1.165) is 0 Å². The normalized spacial score (nSPS) is 11.8. The Balaban J connectivity index is 2.25. The molecule has 1 atom stereocenters. The molecule has 20 heavy (non-hydrogen) atoms. The molecule has 0 fully saturated rings. The van der Waals surface area contributed by atoms with Gasteiger partial charge >= 0.3 is 0 Å². The van der Waals surface area contributed by atoms with Crippen LogP contribution in [0.2, 0.25) is 0 Å². The van der Waals surface area contributed by atoms with E-state index in [9.17, 15) is 15.2 Å². The monoisotopic (exact) mass is 274 g/mol. The first kappa shape index (κ1) is 13.6. The van der Waals surface area contributed by atoms with Crippen molar-refractivity contribution in [3.63, 3.8) is 0 Å². The average Bonchev–Trinajstić information content (AvgIpc) is 2.87. The number of nitriles is 1. The van der Waals surface area contributed by atoms with E-state index in [4.69, 9.17) is 9.78 Å². The maximum absolute atomic E-state index is 10.9. The van der Waals surface area contributed by atoms with Gasteiger partial charge in [0.25, 0.3) is 5.69 Å². The van der Waals surface area contributed by atoms with Gasteiger partial charge in [-0.25, -0.2) is 0 Å². The molecule has 1 unspecified atom stereocenters. The summed E-state index contributed by atoms with van der Waals surface area (Å²) in [5.74, 6) is 0.206. The van der Waals surface area contributed by atoms with E-state index < -0.39 is 11.0 Å². The molecule has 0 aliphatic rings. The maximum atomic E-state index is 10.9. The number of hydrogen-bond acceptors (Lipinski definition) is 7. The van der Waals surface area contributed by atoms with Gasteiger partial charge < -0.3 is 9.63 Å². The van der Waals surface area contributed by atoms with E-state index in [1.54, 1.807) is 12.1 Å². The van der Waals surface area contributed by atoms with Crippen LogP contribution in [0.1, 0.15) is 12.3 Å². The molecule has 1 N–H and O–H groups in total. The van der Waals surface area contributed by atoms with Crippen molar-refractivity contribution in [3.05, 3.63) is 40.3 Å². The zero-order valence-electron chi connectivity index (χ0n) is 10.3. The number of nitro groups is 1. The molecule has 0 amide bonds. The number of para-hydroxylation sites is 1. The van der Waals surface area contributed by atoms with Crippen LogP contribution in [0, 0.1) is 21.4 Å². The minimum atomic E-state index is -0.904. The van der Waals surface area contributed by atoms with Gasteiger partial charge in [0, 0.05) is 6.07 Å². The second-order valence-electron chi connectivity index (χ2n) is 4.01. The molecule has 0 saturated carbocycles. The third-order valence-corrected chi connectivity index (χ3v) is 2.55. The van der Waals surface area contributed by atoms with Crippen molar-refractivity contribution in [2.45, 2.75) is 18.9 Å². The molecule has 0 spiro atoms. The SMILES string of the molecule is N#CCC(O)Cc1nc(-c2ccccc2[N+](=O)[O-])no1. The van der Waals surface area contributed by atoms with Gasteiger partial charge in [-0.2, -0.15) is 10.2 Å². The first-order valence-corrected chi connectivity index (χ1v) is 5.73. The van der Waals surface area contributed by atoms with E-state index in [0.29, 0.717) is 0 Å². The van der Waals surface area contributed by atoms with E-state index in [2.05, 4.69) is 10.1 Å². The van der Waals surface area contributed by atoms with Crippen molar-refractivity contribution >= 4 is 5.69 Å². The molecule has 0 bridgehead atoms. The van der Waals surface area contributed by atoms with E-state index in [-0.39, 0.29) is 35.8 Å². The molecule has 2 aromatic rings. The Labute approximate surface area is 113 Å². The number of aliphatic hydroxyl groups is 1. The van der Waals surface area contributed by atoms with Gasteiger partial charge in [-0.15, -0.1) is 0 Å². The fourth-order valence-electron chi connectivity index (χ4n) is 1.65. The molecular weight excluding hydrogens is 264 g/mol. The van der Waals surface area contributed by atoms with Crippen LogP contribution in [0.4, 0.5) is 5.69 Å². The molecule has 0 aliphatic carbocycles. The predicted molar refractivity (Wildman–Crippen MR) is 66.3 cm³/mol. The molecule has 1 heterocycles. The Morgan fingerprint density at radius 2 is 2.25 bits per heavy atom. The second-order valence-corrected chi connectivity index (χ2v) is 4.01. The Hall–Kier alpha value is -2.79. The number of hydrogen-bond donors (Lipinski definition) is 1. The van der Waals surface area contributed by atoms with E-state index >= 15 is 0 Å². The highest BCUT2D eigenvalue weighted by Crippen LogP contribution is 2.27. The molecule has 2 rings (SSSR count). The zero-order chi connectivity index (χ0) is 14.5. The third-order valence-electron chi connectivity index (χ3n) is 2.55. The Morgan fingerprint density at radius 3 is 2.95 bits per heavy atom.